The molecule has 0 saturated carbocycles. The number of methoxy groups -OCH3 is 1. The molecule has 26 heavy (non-hydrogen) atoms. The smallest absolute Gasteiger partial charge is 0.217 e. The molecule has 1 N–H and O–H groups in total. The highest BCUT2D eigenvalue weighted by atomic mass is 16.5. The van der Waals surface area contributed by atoms with E-state index >= 15 is 0 Å². The van der Waals surface area contributed by atoms with Gasteiger partial charge in [0.1, 0.15) is 17.8 Å². The number of para-hydroxylation sites is 1. The highest BCUT2D eigenvalue weighted by Crippen LogP contribution is 2.44. The van der Waals surface area contributed by atoms with Gasteiger partial charge in [0.2, 0.25) is 5.91 Å². The van der Waals surface area contributed by atoms with Crippen LogP contribution in [-0.2, 0) is 4.79 Å². The van der Waals surface area contributed by atoms with Crippen molar-refractivity contribution in [1.82, 2.24) is 5.32 Å². The predicted molar refractivity (Wildman–Crippen MR) is 104 cm³/mol. The van der Waals surface area contributed by atoms with Crippen LogP contribution in [0.25, 0.3) is 0 Å². The molecule has 1 saturated heterocycles. The first kappa shape index (κ1) is 18.5. The second-order valence-corrected chi connectivity index (χ2v) is 7.41. The highest BCUT2D eigenvalue weighted by molar-refractivity contribution is 5.73. The van der Waals surface area contributed by atoms with Gasteiger partial charge in [0.05, 0.1) is 32.8 Å². The van der Waals surface area contributed by atoms with Crippen LogP contribution in [0.4, 0.5) is 0 Å². The van der Waals surface area contributed by atoms with Crippen LogP contribution in [0.2, 0.25) is 0 Å². The average Bonchev–Trinajstić information content (AvgIpc) is 3.09. The summed E-state index contributed by atoms with van der Waals surface area (Å²) in [7, 11) is 4.03. The van der Waals surface area contributed by atoms with E-state index in [0.717, 1.165) is 34.4 Å². The molecular weight excluding hydrogens is 324 g/mol. The molecule has 0 bridgehead atoms. The Morgan fingerprint density at radius 1 is 1.04 bits per heavy atom. The molecule has 1 aliphatic heterocycles. The first-order chi connectivity index (χ1) is 12.5. The number of nitrogens with zero attached hydrogens (tertiary/aromatic N) is 1. The first-order valence-corrected chi connectivity index (χ1v) is 9.34. The lowest BCUT2D eigenvalue weighted by Crippen LogP contribution is -2.50. The van der Waals surface area contributed by atoms with Gasteiger partial charge in [-0.2, -0.15) is 0 Å². The van der Waals surface area contributed by atoms with Crippen LogP contribution in [0.1, 0.15) is 43.0 Å². The molecule has 0 aliphatic carbocycles. The summed E-state index contributed by atoms with van der Waals surface area (Å²) in [6.45, 7) is 3.80. The van der Waals surface area contributed by atoms with Crippen molar-refractivity contribution in [2.45, 2.75) is 31.8 Å². The van der Waals surface area contributed by atoms with Crippen molar-refractivity contribution in [3.05, 3.63) is 65.7 Å². The summed E-state index contributed by atoms with van der Waals surface area (Å²) >= 11 is 0. The van der Waals surface area contributed by atoms with Crippen molar-refractivity contribution in [1.29, 1.82) is 0 Å². The molecule has 1 unspecified atom stereocenters. The fraction of sp³-hybridized carbons (Fsp3) is 0.409. The van der Waals surface area contributed by atoms with Crippen molar-refractivity contribution < 1.29 is 14.0 Å². The quantitative estimate of drug-likeness (QED) is 0.801. The molecule has 2 atom stereocenters. The lowest BCUT2D eigenvalue weighted by molar-refractivity contribution is -0.930. The number of hydrogen-bond acceptors (Lipinski definition) is 2. The predicted octanol–water partition coefficient (Wildman–Crippen LogP) is 3.85. The zero-order valence-corrected chi connectivity index (χ0v) is 15.9. The van der Waals surface area contributed by atoms with Gasteiger partial charge in [0, 0.05) is 19.8 Å². The molecule has 4 heteroatoms. The lowest BCUT2D eigenvalue weighted by atomic mass is 9.90. The van der Waals surface area contributed by atoms with Crippen molar-refractivity contribution in [3.63, 3.8) is 0 Å². The third kappa shape index (κ3) is 3.75. The van der Waals surface area contributed by atoms with Crippen LogP contribution in [0.3, 0.4) is 0 Å². The monoisotopic (exact) mass is 353 g/mol. The van der Waals surface area contributed by atoms with Crippen molar-refractivity contribution in [3.8, 4) is 5.75 Å². The fourth-order valence-electron chi connectivity index (χ4n) is 4.35. The van der Waals surface area contributed by atoms with E-state index < -0.39 is 0 Å². The number of carbonyl (C=O) groups excluding carboxylic acids is 1. The van der Waals surface area contributed by atoms with Crippen LogP contribution in [0, 0.1) is 0 Å². The zero-order chi connectivity index (χ0) is 18.6. The lowest BCUT2D eigenvalue weighted by Gasteiger charge is -2.43. The summed E-state index contributed by atoms with van der Waals surface area (Å²) < 4.78 is 6.60. The minimum Gasteiger partial charge on any atom is -0.496 e. The van der Waals surface area contributed by atoms with E-state index in [0.29, 0.717) is 0 Å². The molecule has 0 aromatic heterocycles. The third-order valence-electron chi connectivity index (χ3n) is 5.55. The summed E-state index contributed by atoms with van der Waals surface area (Å²) in [4.78, 5) is 12.1. The largest absolute Gasteiger partial charge is 0.496 e. The summed E-state index contributed by atoms with van der Waals surface area (Å²) in [6.07, 6.45) is 2.42. The first-order valence-electron chi connectivity index (χ1n) is 9.34. The van der Waals surface area contributed by atoms with Gasteiger partial charge in [-0.3, -0.25) is 4.79 Å². The Morgan fingerprint density at radius 3 is 2.27 bits per heavy atom. The fourth-order valence-corrected chi connectivity index (χ4v) is 4.35. The molecule has 4 nitrogen and oxygen atoms in total. The highest BCUT2D eigenvalue weighted by Gasteiger charge is 2.44. The van der Waals surface area contributed by atoms with Crippen molar-refractivity contribution in [2.75, 3.05) is 27.2 Å². The number of amides is 1. The second-order valence-electron chi connectivity index (χ2n) is 7.41. The van der Waals surface area contributed by atoms with Crippen LogP contribution < -0.4 is 10.1 Å². The molecule has 1 heterocycles. The number of rotatable bonds is 6. The summed E-state index contributed by atoms with van der Waals surface area (Å²) in [5, 5.41) is 3.24. The number of nitrogens with one attached hydrogen (secondary N) is 1. The third-order valence-corrected chi connectivity index (χ3v) is 5.55. The van der Waals surface area contributed by atoms with Crippen LogP contribution >= 0.6 is 0 Å². The van der Waals surface area contributed by atoms with E-state index in [-0.39, 0.29) is 18.0 Å². The van der Waals surface area contributed by atoms with E-state index in [1.54, 1.807) is 14.0 Å². The molecule has 2 aromatic carbocycles. The van der Waals surface area contributed by atoms with Gasteiger partial charge in [-0.25, -0.2) is 0 Å². The molecular formula is C22H29N2O2+. The minimum absolute atomic E-state index is 0.00968. The standard InChI is InChI=1S/C22H28N2O2/c1-17(25)23-21(18-11-5-4-6-12-18)22(24(2)15-9-10-16-24)19-13-7-8-14-20(19)26-3/h4-8,11-14,21-22H,9-10,15-16H2,1-3H3/p+1/t21-,22?/m0/s1. The van der Waals surface area contributed by atoms with Gasteiger partial charge in [0.25, 0.3) is 0 Å². The molecule has 2 aromatic rings. The normalized spacial score (nSPS) is 18.1. The van der Waals surface area contributed by atoms with E-state index in [1.165, 1.54) is 12.8 Å². The van der Waals surface area contributed by atoms with E-state index in [9.17, 15) is 4.79 Å². The molecule has 1 amide bonds. The Balaban J connectivity index is 2.15. The second kappa shape index (κ2) is 7.92. The van der Waals surface area contributed by atoms with Gasteiger partial charge in [-0.15, -0.1) is 0 Å². The van der Waals surface area contributed by atoms with E-state index in [2.05, 4.69) is 36.6 Å². The van der Waals surface area contributed by atoms with Crippen LogP contribution in [0.15, 0.2) is 54.6 Å². The Hall–Kier alpha value is -2.33. The number of likely N-dealkylation sites (N-methyl/N-ethyl adjacent to an activating group) is 1. The SMILES string of the molecule is COc1ccccc1C([C@@H](NC(C)=O)c1ccccc1)[N+]1(C)CCCC1. The zero-order valence-electron chi connectivity index (χ0n) is 15.9. The Labute approximate surface area is 156 Å². The maximum absolute atomic E-state index is 12.1. The number of benzene rings is 2. The minimum atomic E-state index is -0.104. The van der Waals surface area contributed by atoms with Crippen LogP contribution in [0.5, 0.6) is 5.75 Å². The summed E-state index contributed by atoms with van der Waals surface area (Å²) in [6, 6.07) is 18.5. The molecule has 138 valence electrons. The molecule has 1 aliphatic rings. The average molecular weight is 353 g/mol. The molecule has 1 fully saturated rings. The van der Waals surface area contributed by atoms with Gasteiger partial charge in [0.15, 0.2) is 0 Å². The van der Waals surface area contributed by atoms with Gasteiger partial charge in [-0.1, -0.05) is 42.5 Å². The summed E-state index contributed by atoms with van der Waals surface area (Å²) in [5.74, 6) is 0.875. The van der Waals surface area contributed by atoms with Crippen molar-refractivity contribution >= 4 is 5.91 Å². The number of likely N-dealkylation sites (tertiary alicyclic amines) is 1. The number of quaternary nitrogens is 1. The van der Waals surface area contributed by atoms with Gasteiger partial charge < -0.3 is 14.5 Å². The number of hydrogen-bond donors (Lipinski definition) is 1. The number of ether oxygens (including phenoxy) is 1. The topological polar surface area (TPSA) is 38.3 Å². The van der Waals surface area contributed by atoms with E-state index in [4.69, 9.17) is 4.74 Å². The van der Waals surface area contributed by atoms with Gasteiger partial charge in [-0.05, 0) is 17.7 Å². The molecule has 0 spiro atoms. The Morgan fingerprint density at radius 2 is 1.65 bits per heavy atom. The number of carbonyl (C=O) groups is 1. The Kier molecular flexibility index (Phi) is 5.62. The maximum Gasteiger partial charge on any atom is 0.217 e. The van der Waals surface area contributed by atoms with Crippen LogP contribution in [-0.4, -0.2) is 37.6 Å². The van der Waals surface area contributed by atoms with E-state index in [1.807, 2.05) is 30.3 Å². The van der Waals surface area contributed by atoms with Crippen molar-refractivity contribution in [2.24, 2.45) is 0 Å². The molecule has 3 rings (SSSR count). The Bertz CT molecular complexity index is 739. The maximum atomic E-state index is 12.1. The van der Waals surface area contributed by atoms with Gasteiger partial charge >= 0.3 is 0 Å². The summed E-state index contributed by atoms with van der Waals surface area (Å²) in [5.41, 5.74) is 2.28. The molecule has 0 radical (unpaired) electrons.